The van der Waals surface area contributed by atoms with E-state index >= 15 is 0 Å². The molecule has 2 unspecified atom stereocenters. The van der Waals surface area contributed by atoms with Gasteiger partial charge >= 0.3 is 0 Å². The van der Waals surface area contributed by atoms with Crippen LogP contribution in [0.2, 0.25) is 0 Å². The van der Waals surface area contributed by atoms with E-state index in [0.29, 0.717) is 6.42 Å². The van der Waals surface area contributed by atoms with Crippen LogP contribution in [0.1, 0.15) is 49.8 Å². The van der Waals surface area contributed by atoms with Gasteiger partial charge in [0.15, 0.2) is 11.6 Å². The molecule has 7 nitrogen and oxygen atoms in total. The number of amides is 2. The quantitative estimate of drug-likeness (QED) is 0.270. The number of nitrogens with zero attached hydrogens (tertiary/aromatic N) is 2. The fourth-order valence-electron chi connectivity index (χ4n) is 4.61. The number of nitrogens with one attached hydrogen (secondary N) is 1. The molecule has 2 amide bonds. The number of aryl methyl sites for hydroxylation is 1. The molecular weight excluding hydrogens is 560 g/mol. The molecule has 0 bridgehead atoms. The van der Waals surface area contributed by atoms with Gasteiger partial charge in [0, 0.05) is 38.0 Å². The summed E-state index contributed by atoms with van der Waals surface area (Å²) in [5, 5.41) is 3.02. The fraction of sp³-hybridized carbons (Fsp3) is 0.375. The molecule has 0 aromatic heterocycles. The predicted molar refractivity (Wildman–Crippen MR) is 161 cm³/mol. The van der Waals surface area contributed by atoms with Crippen LogP contribution < -0.4 is 9.62 Å². The molecular formula is C32H39F2N3O4S. The summed E-state index contributed by atoms with van der Waals surface area (Å²) >= 11 is 0. The van der Waals surface area contributed by atoms with Crippen molar-refractivity contribution in [2.75, 3.05) is 17.1 Å². The number of hydrogen-bond acceptors (Lipinski definition) is 4. The smallest absolute Gasteiger partial charge is 0.243 e. The molecule has 3 rings (SSSR count). The molecule has 0 heterocycles. The summed E-state index contributed by atoms with van der Waals surface area (Å²) in [6.45, 7) is 5.87. The monoisotopic (exact) mass is 599 g/mol. The molecule has 42 heavy (non-hydrogen) atoms. The van der Waals surface area contributed by atoms with Crippen molar-refractivity contribution in [3.8, 4) is 0 Å². The van der Waals surface area contributed by atoms with Gasteiger partial charge in [-0.05, 0) is 55.5 Å². The van der Waals surface area contributed by atoms with Crippen LogP contribution in [0.5, 0.6) is 0 Å². The van der Waals surface area contributed by atoms with E-state index in [2.05, 4.69) is 5.32 Å². The van der Waals surface area contributed by atoms with Gasteiger partial charge in [-0.1, -0.05) is 61.5 Å². The average Bonchev–Trinajstić information content (AvgIpc) is 2.95. The number of anilines is 1. The highest BCUT2D eigenvalue weighted by Gasteiger charge is 2.31. The van der Waals surface area contributed by atoms with Crippen molar-refractivity contribution in [1.82, 2.24) is 10.2 Å². The van der Waals surface area contributed by atoms with Gasteiger partial charge in [0.25, 0.3) is 0 Å². The number of sulfonamides is 1. The second-order valence-corrected chi connectivity index (χ2v) is 12.4. The maximum atomic E-state index is 13.9. The molecule has 0 saturated carbocycles. The van der Waals surface area contributed by atoms with Gasteiger partial charge in [0.2, 0.25) is 21.8 Å². The van der Waals surface area contributed by atoms with Gasteiger partial charge in [0.05, 0.1) is 11.9 Å². The summed E-state index contributed by atoms with van der Waals surface area (Å²) in [6, 6.07) is 19.0. The lowest BCUT2D eigenvalue weighted by molar-refractivity contribution is -0.141. The van der Waals surface area contributed by atoms with Crippen LogP contribution in [0, 0.1) is 18.6 Å². The lowest BCUT2D eigenvalue weighted by Crippen LogP contribution is -2.52. The first-order valence-corrected chi connectivity index (χ1v) is 15.9. The number of carbonyl (C=O) groups is 2. The van der Waals surface area contributed by atoms with Crippen molar-refractivity contribution >= 4 is 27.5 Å². The van der Waals surface area contributed by atoms with Gasteiger partial charge in [-0.15, -0.1) is 0 Å². The van der Waals surface area contributed by atoms with Crippen molar-refractivity contribution < 1.29 is 26.8 Å². The Hall–Kier alpha value is -3.79. The van der Waals surface area contributed by atoms with Gasteiger partial charge in [-0.3, -0.25) is 13.9 Å². The normalized spacial score (nSPS) is 12.8. The topological polar surface area (TPSA) is 86.8 Å². The third-order valence-electron chi connectivity index (χ3n) is 7.22. The van der Waals surface area contributed by atoms with E-state index in [1.807, 2.05) is 75.4 Å². The van der Waals surface area contributed by atoms with Crippen LogP contribution in [0.4, 0.5) is 14.5 Å². The summed E-state index contributed by atoms with van der Waals surface area (Å²) in [7, 11) is -3.85. The number of halogens is 2. The van der Waals surface area contributed by atoms with Crippen LogP contribution in [0.3, 0.4) is 0 Å². The zero-order valence-corrected chi connectivity index (χ0v) is 25.3. The van der Waals surface area contributed by atoms with Crippen molar-refractivity contribution in [3.05, 3.63) is 101 Å². The summed E-state index contributed by atoms with van der Waals surface area (Å²) in [5.74, 6) is -2.85. The average molecular weight is 600 g/mol. The van der Waals surface area contributed by atoms with Gasteiger partial charge in [0.1, 0.15) is 6.04 Å². The second kappa shape index (κ2) is 14.9. The molecule has 226 valence electrons. The van der Waals surface area contributed by atoms with E-state index < -0.39 is 27.7 Å². The van der Waals surface area contributed by atoms with Crippen LogP contribution in [0.25, 0.3) is 0 Å². The van der Waals surface area contributed by atoms with E-state index in [0.717, 1.165) is 45.8 Å². The maximum Gasteiger partial charge on any atom is 0.243 e. The number of benzene rings is 3. The Bertz CT molecular complexity index is 1470. The van der Waals surface area contributed by atoms with Crippen molar-refractivity contribution in [3.63, 3.8) is 0 Å². The van der Waals surface area contributed by atoms with E-state index in [-0.39, 0.29) is 49.5 Å². The minimum atomic E-state index is -3.85. The van der Waals surface area contributed by atoms with Gasteiger partial charge in [-0.25, -0.2) is 17.2 Å². The Morgan fingerprint density at radius 1 is 0.952 bits per heavy atom. The second-order valence-electron chi connectivity index (χ2n) is 10.5. The molecule has 0 aliphatic carbocycles. The third kappa shape index (κ3) is 9.11. The maximum absolute atomic E-state index is 13.9. The summed E-state index contributed by atoms with van der Waals surface area (Å²) < 4.78 is 53.3. The lowest BCUT2D eigenvalue weighted by Gasteiger charge is -2.33. The molecule has 3 aromatic carbocycles. The third-order valence-corrected chi connectivity index (χ3v) is 8.41. The van der Waals surface area contributed by atoms with Gasteiger partial charge in [-0.2, -0.15) is 0 Å². The van der Waals surface area contributed by atoms with Crippen LogP contribution >= 0.6 is 0 Å². The Morgan fingerprint density at radius 2 is 1.62 bits per heavy atom. The molecule has 0 fully saturated rings. The molecule has 10 heteroatoms. The first kappa shape index (κ1) is 32.7. The van der Waals surface area contributed by atoms with Crippen molar-refractivity contribution in [1.29, 1.82) is 0 Å². The SMILES string of the molecule is CCC(C)NC(=O)C(Cc1ccccc1)N(Cc1ccccc1C)C(=O)CCCN(c1ccc(F)c(F)c1)S(C)(=O)=O. The summed E-state index contributed by atoms with van der Waals surface area (Å²) in [4.78, 5) is 29.1. The van der Waals surface area contributed by atoms with Crippen molar-refractivity contribution in [2.24, 2.45) is 0 Å². The zero-order chi connectivity index (χ0) is 30.9. The van der Waals surface area contributed by atoms with Gasteiger partial charge < -0.3 is 10.2 Å². The van der Waals surface area contributed by atoms with Crippen molar-refractivity contribution in [2.45, 2.75) is 65.1 Å². The van der Waals surface area contributed by atoms with E-state index in [1.54, 1.807) is 4.90 Å². The molecule has 3 aromatic rings. The largest absolute Gasteiger partial charge is 0.352 e. The highest BCUT2D eigenvalue weighted by Crippen LogP contribution is 2.23. The summed E-state index contributed by atoms with van der Waals surface area (Å²) in [6.07, 6.45) is 2.02. The molecule has 2 atom stereocenters. The summed E-state index contributed by atoms with van der Waals surface area (Å²) in [5.41, 5.74) is 2.72. The molecule has 0 spiro atoms. The number of hydrogen-bond donors (Lipinski definition) is 1. The van der Waals surface area contributed by atoms with Crippen LogP contribution in [-0.2, 0) is 32.6 Å². The Morgan fingerprint density at radius 3 is 2.24 bits per heavy atom. The standard InChI is InChI=1S/C32H39F2N3O4S/c1-5-24(3)35-32(39)30(20-25-13-7-6-8-14-25)36(22-26-15-10-9-12-23(26)2)31(38)16-11-19-37(42(4,40)41)27-17-18-28(33)29(34)21-27/h6-10,12-15,17-18,21,24,30H,5,11,16,19-20,22H2,1-4H3,(H,35,39). The predicted octanol–water partition coefficient (Wildman–Crippen LogP) is 5.37. The Balaban J connectivity index is 1.91. The zero-order valence-electron chi connectivity index (χ0n) is 24.5. The molecule has 0 aliphatic heterocycles. The Kier molecular flexibility index (Phi) is 11.6. The fourth-order valence-corrected chi connectivity index (χ4v) is 5.57. The minimum Gasteiger partial charge on any atom is -0.352 e. The van der Waals surface area contributed by atoms with Crippen LogP contribution in [-0.4, -0.2) is 50.0 Å². The molecule has 0 radical (unpaired) electrons. The molecule has 1 N–H and O–H groups in total. The van der Waals surface area contributed by atoms with E-state index in [1.165, 1.54) is 6.07 Å². The highest BCUT2D eigenvalue weighted by atomic mass is 32.2. The molecule has 0 saturated heterocycles. The first-order chi connectivity index (χ1) is 19.9. The first-order valence-electron chi connectivity index (χ1n) is 14.0. The highest BCUT2D eigenvalue weighted by molar-refractivity contribution is 7.92. The minimum absolute atomic E-state index is 0.0319. The van der Waals surface area contributed by atoms with E-state index in [9.17, 15) is 26.8 Å². The lowest BCUT2D eigenvalue weighted by atomic mass is 10.0. The van der Waals surface area contributed by atoms with Crippen LogP contribution in [0.15, 0.2) is 72.8 Å². The number of rotatable bonds is 14. The Labute approximate surface area is 247 Å². The van der Waals surface area contributed by atoms with E-state index in [4.69, 9.17) is 0 Å². The molecule has 0 aliphatic rings. The number of carbonyl (C=O) groups excluding carboxylic acids is 2.